The predicted molar refractivity (Wildman–Crippen MR) is 79.6 cm³/mol. The highest BCUT2D eigenvalue weighted by atomic mass is 32.1. The molecule has 0 bridgehead atoms. The van der Waals surface area contributed by atoms with Crippen molar-refractivity contribution in [2.75, 3.05) is 11.5 Å². The van der Waals surface area contributed by atoms with Crippen molar-refractivity contribution in [1.29, 1.82) is 0 Å². The average molecular weight is 301 g/mol. The van der Waals surface area contributed by atoms with Crippen LogP contribution in [0.2, 0.25) is 0 Å². The monoisotopic (exact) mass is 301 g/mol. The van der Waals surface area contributed by atoms with E-state index in [0.29, 0.717) is 4.88 Å². The molecule has 7 nitrogen and oxygen atoms in total. The van der Waals surface area contributed by atoms with Crippen LogP contribution < -0.4 is 11.5 Å². The number of carbonyl (C=O) groups is 1. The summed E-state index contributed by atoms with van der Waals surface area (Å²) in [7, 11) is 0. The zero-order chi connectivity index (χ0) is 14.8. The molecule has 0 unspecified atom stereocenters. The Balaban J connectivity index is 1.74. The second-order valence-electron chi connectivity index (χ2n) is 4.19. The summed E-state index contributed by atoms with van der Waals surface area (Å²) in [5.74, 6) is -0.228. The van der Waals surface area contributed by atoms with Gasteiger partial charge in [-0.05, 0) is 17.5 Å². The number of hydrogen-bond donors (Lipinski definition) is 2. The highest BCUT2D eigenvalue weighted by molar-refractivity contribution is 7.20. The molecule has 0 amide bonds. The van der Waals surface area contributed by atoms with E-state index in [1.807, 2.05) is 24.3 Å². The van der Waals surface area contributed by atoms with Gasteiger partial charge in [0.25, 0.3) is 0 Å². The van der Waals surface area contributed by atoms with Gasteiger partial charge >= 0.3 is 5.97 Å². The van der Waals surface area contributed by atoms with Gasteiger partial charge in [0.15, 0.2) is 12.4 Å². The Morgan fingerprint density at radius 2 is 1.86 bits per heavy atom. The number of nitrogens with zero attached hydrogens (tertiary/aromatic N) is 3. The minimum Gasteiger partial charge on any atom is -0.453 e. The van der Waals surface area contributed by atoms with Gasteiger partial charge in [-0.3, -0.25) is 0 Å². The van der Waals surface area contributed by atoms with Crippen LogP contribution in [0, 0.1) is 0 Å². The van der Waals surface area contributed by atoms with Gasteiger partial charge in [-0.2, -0.15) is 15.0 Å². The summed E-state index contributed by atoms with van der Waals surface area (Å²) in [6.45, 7) is -0.107. The van der Waals surface area contributed by atoms with Gasteiger partial charge in [0.2, 0.25) is 11.9 Å². The summed E-state index contributed by atoms with van der Waals surface area (Å²) in [6, 6.07) is 9.52. The summed E-state index contributed by atoms with van der Waals surface area (Å²) in [5.41, 5.74) is 10.9. The molecule has 4 N–H and O–H groups in total. The van der Waals surface area contributed by atoms with Gasteiger partial charge in [-0.1, -0.05) is 18.2 Å². The Morgan fingerprint density at radius 3 is 2.57 bits per heavy atom. The fourth-order valence-corrected chi connectivity index (χ4v) is 2.76. The molecular formula is C13H11N5O2S. The molecule has 2 heterocycles. The first-order chi connectivity index (χ1) is 10.1. The van der Waals surface area contributed by atoms with Crippen LogP contribution in [-0.2, 0) is 11.3 Å². The number of carbonyl (C=O) groups excluding carboxylic acids is 1. The average Bonchev–Trinajstić information content (AvgIpc) is 2.87. The number of ether oxygens (including phenoxy) is 1. The van der Waals surface area contributed by atoms with Crippen LogP contribution in [0.3, 0.4) is 0 Å². The molecule has 0 aliphatic carbocycles. The molecule has 21 heavy (non-hydrogen) atoms. The molecule has 0 saturated heterocycles. The van der Waals surface area contributed by atoms with Crippen molar-refractivity contribution >= 4 is 39.3 Å². The van der Waals surface area contributed by atoms with Crippen molar-refractivity contribution in [3.63, 3.8) is 0 Å². The second kappa shape index (κ2) is 5.33. The first-order valence-electron chi connectivity index (χ1n) is 6.03. The Labute approximate surface area is 123 Å². The molecule has 1 aromatic carbocycles. The highest BCUT2D eigenvalue weighted by Gasteiger charge is 2.13. The molecule has 2 aromatic heterocycles. The number of nitrogens with two attached hydrogens (primary N) is 2. The Kier molecular flexibility index (Phi) is 3.36. The van der Waals surface area contributed by atoms with Gasteiger partial charge in [-0.15, -0.1) is 11.3 Å². The third kappa shape index (κ3) is 2.90. The minimum atomic E-state index is -0.436. The fraction of sp³-hybridized carbons (Fsp3) is 0.0769. The van der Waals surface area contributed by atoms with E-state index in [4.69, 9.17) is 16.2 Å². The summed E-state index contributed by atoms with van der Waals surface area (Å²) >= 11 is 1.37. The van der Waals surface area contributed by atoms with E-state index in [-0.39, 0.29) is 24.3 Å². The van der Waals surface area contributed by atoms with E-state index in [0.717, 1.165) is 10.1 Å². The lowest BCUT2D eigenvalue weighted by atomic mass is 10.2. The zero-order valence-electron chi connectivity index (χ0n) is 10.8. The molecule has 106 valence electrons. The van der Waals surface area contributed by atoms with E-state index in [2.05, 4.69) is 15.0 Å². The van der Waals surface area contributed by atoms with E-state index in [9.17, 15) is 4.79 Å². The Hall–Kier alpha value is -2.74. The number of anilines is 2. The maximum Gasteiger partial charge on any atom is 0.348 e. The normalized spacial score (nSPS) is 10.7. The third-order valence-corrected chi connectivity index (χ3v) is 3.77. The van der Waals surface area contributed by atoms with Crippen LogP contribution in [0.25, 0.3) is 10.1 Å². The van der Waals surface area contributed by atoms with Gasteiger partial charge in [-0.25, -0.2) is 4.79 Å². The molecule has 0 aliphatic rings. The molecule has 3 rings (SSSR count). The van der Waals surface area contributed by atoms with E-state index < -0.39 is 5.97 Å². The van der Waals surface area contributed by atoms with Gasteiger partial charge in [0.05, 0.1) is 0 Å². The molecule has 3 aromatic rings. The van der Waals surface area contributed by atoms with Gasteiger partial charge in [0, 0.05) is 4.70 Å². The van der Waals surface area contributed by atoms with Crippen LogP contribution in [0.15, 0.2) is 30.3 Å². The van der Waals surface area contributed by atoms with E-state index in [1.54, 1.807) is 6.07 Å². The quantitative estimate of drug-likeness (QED) is 0.705. The second-order valence-corrected chi connectivity index (χ2v) is 5.28. The van der Waals surface area contributed by atoms with E-state index >= 15 is 0 Å². The number of rotatable bonds is 3. The molecule has 0 radical (unpaired) electrons. The van der Waals surface area contributed by atoms with Crippen molar-refractivity contribution in [1.82, 2.24) is 15.0 Å². The fourth-order valence-electron chi connectivity index (χ4n) is 1.81. The lowest BCUT2D eigenvalue weighted by molar-refractivity contribution is 0.0468. The number of nitrogen functional groups attached to an aromatic ring is 2. The number of hydrogen-bond acceptors (Lipinski definition) is 8. The maximum absolute atomic E-state index is 12.0. The zero-order valence-corrected chi connectivity index (χ0v) is 11.6. The third-order valence-electron chi connectivity index (χ3n) is 2.68. The summed E-state index contributed by atoms with van der Waals surface area (Å²) < 4.78 is 6.19. The van der Waals surface area contributed by atoms with Crippen molar-refractivity contribution < 1.29 is 9.53 Å². The number of benzene rings is 1. The molecule has 0 saturated carbocycles. The van der Waals surface area contributed by atoms with Crippen LogP contribution in [0.4, 0.5) is 11.9 Å². The van der Waals surface area contributed by atoms with Crippen molar-refractivity contribution in [2.45, 2.75) is 6.61 Å². The van der Waals surface area contributed by atoms with Crippen molar-refractivity contribution in [2.24, 2.45) is 0 Å². The van der Waals surface area contributed by atoms with E-state index in [1.165, 1.54) is 11.3 Å². The Morgan fingerprint density at radius 1 is 1.14 bits per heavy atom. The van der Waals surface area contributed by atoms with Crippen LogP contribution >= 0.6 is 11.3 Å². The molecule has 0 atom stereocenters. The molecule has 0 fully saturated rings. The van der Waals surface area contributed by atoms with Crippen LogP contribution in [0.1, 0.15) is 15.5 Å². The van der Waals surface area contributed by atoms with Crippen molar-refractivity contribution in [3.8, 4) is 0 Å². The predicted octanol–water partition coefficient (Wildman–Crippen LogP) is 1.61. The topological polar surface area (TPSA) is 117 Å². The van der Waals surface area contributed by atoms with Gasteiger partial charge < -0.3 is 16.2 Å². The standard InChI is InChI=1S/C13H11N5O2S/c14-12-16-10(17-13(15)18-12)6-20-11(19)9-5-7-3-1-2-4-8(7)21-9/h1-5H,6H2,(H4,14,15,16,17,18). The SMILES string of the molecule is Nc1nc(N)nc(COC(=O)c2cc3ccccc3s2)n1. The summed E-state index contributed by atoms with van der Waals surface area (Å²) in [4.78, 5) is 23.9. The molecule has 0 spiro atoms. The first kappa shape index (κ1) is 13.3. The highest BCUT2D eigenvalue weighted by Crippen LogP contribution is 2.25. The van der Waals surface area contributed by atoms with Gasteiger partial charge in [0.1, 0.15) is 4.88 Å². The van der Waals surface area contributed by atoms with Crippen LogP contribution in [0.5, 0.6) is 0 Å². The number of fused-ring (bicyclic) bond motifs is 1. The lowest BCUT2D eigenvalue weighted by Crippen LogP contribution is -2.10. The lowest BCUT2D eigenvalue weighted by Gasteiger charge is -2.03. The largest absolute Gasteiger partial charge is 0.453 e. The first-order valence-corrected chi connectivity index (χ1v) is 6.85. The smallest absolute Gasteiger partial charge is 0.348 e. The number of esters is 1. The Bertz CT molecular complexity index is 764. The minimum absolute atomic E-state index is 0.00425. The van der Waals surface area contributed by atoms with Crippen LogP contribution in [-0.4, -0.2) is 20.9 Å². The molecular weight excluding hydrogens is 290 g/mol. The number of aromatic nitrogens is 3. The maximum atomic E-state index is 12.0. The molecule has 0 aliphatic heterocycles. The number of thiophene rings is 1. The van der Waals surface area contributed by atoms with Crippen molar-refractivity contribution in [3.05, 3.63) is 41.0 Å². The summed E-state index contributed by atoms with van der Waals surface area (Å²) in [6.07, 6.45) is 0. The summed E-state index contributed by atoms with van der Waals surface area (Å²) in [5, 5.41) is 1.00. The molecule has 8 heteroatoms.